The van der Waals surface area contributed by atoms with E-state index < -0.39 is 0 Å². The highest BCUT2D eigenvalue weighted by molar-refractivity contribution is 5.82. The molecule has 2 nitrogen and oxygen atoms in total. The molecule has 2 aromatic rings. The van der Waals surface area contributed by atoms with Gasteiger partial charge in [-0.25, -0.2) is 4.70 Å². The van der Waals surface area contributed by atoms with E-state index in [1.165, 1.54) is 92.9 Å². The van der Waals surface area contributed by atoms with Crippen molar-refractivity contribution >= 4 is 11.4 Å². The first-order chi connectivity index (χ1) is 18.1. The third-order valence-corrected chi connectivity index (χ3v) is 7.74. The number of unbranched alkanes of at least 4 members (excludes halogenated alkanes) is 7. The zero-order valence-electron chi connectivity index (χ0n) is 24.1. The van der Waals surface area contributed by atoms with Gasteiger partial charge in [0.2, 0.25) is 11.4 Å². The number of aryl methyl sites for hydroxylation is 2. The van der Waals surface area contributed by atoms with Crippen LogP contribution in [0.5, 0.6) is 0 Å². The molecule has 1 aliphatic heterocycles. The van der Waals surface area contributed by atoms with E-state index in [-0.39, 0.29) is 0 Å². The van der Waals surface area contributed by atoms with Crippen molar-refractivity contribution in [2.75, 3.05) is 0 Å². The highest BCUT2D eigenvalue weighted by Gasteiger charge is 2.35. The van der Waals surface area contributed by atoms with Crippen LogP contribution in [-0.4, -0.2) is 4.70 Å². The minimum absolute atomic E-state index is 1.01. The second kappa shape index (κ2) is 15.7. The molecule has 0 saturated heterocycles. The Morgan fingerprint density at radius 1 is 0.514 bits per heavy atom. The molecule has 0 bridgehead atoms. The first-order valence-corrected chi connectivity index (χ1v) is 15.3. The Balaban J connectivity index is 2.03. The van der Waals surface area contributed by atoms with Crippen LogP contribution in [0.1, 0.15) is 133 Å². The van der Waals surface area contributed by atoms with Crippen LogP contribution in [0.4, 0.5) is 0 Å². The summed E-state index contributed by atoms with van der Waals surface area (Å²) in [5.41, 5.74) is 21.6. The third-order valence-electron chi connectivity index (χ3n) is 7.74. The fourth-order valence-corrected chi connectivity index (χ4v) is 5.55. The largest absolute Gasteiger partial charge is 0.493 e. The van der Waals surface area contributed by atoms with E-state index in [1.807, 2.05) is 0 Å². The Hall–Kier alpha value is -2.48. The molecular weight excluding hydrogens is 448 g/mol. The van der Waals surface area contributed by atoms with Gasteiger partial charge in [0.05, 0.1) is 0 Å². The molecule has 0 amide bonds. The predicted octanol–water partition coefficient (Wildman–Crippen LogP) is 11.1. The Bertz CT molecular complexity index is 1050. The maximum atomic E-state index is 11.8. The number of hydrogen-bond donors (Lipinski definition) is 0. The van der Waals surface area contributed by atoms with Crippen LogP contribution in [0.15, 0.2) is 59.7 Å². The molecule has 0 saturated carbocycles. The molecule has 0 unspecified atom stereocenters. The van der Waals surface area contributed by atoms with E-state index >= 15 is 0 Å². The van der Waals surface area contributed by atoms with Crippen LogP contribution >= 0.6 is 0 Å². The highest BCUT2D eigenvalue weighted by Crippen LogP contribution is 2.44. The molecule has 1 aliphatic rings. The van der Waals surface area contributed by atoms with Gasteiger partial charge in [0, 0.05) is 22.3 Å². The van der Waals surface area contributed by atoms with Crippen LogP contribution in [-0.2, 0) is 12.8 Å². The summed E-state index contributed by atoms with van der Waals surface area (Å²) < 4.78 is 1.55. The van der Waals surface area contributed by atoms with E-state index in [0.717, 1.165) is 48.2 Å². The fourth-order valence-electron chi connectivity index (χ4n) is 5.55. The monoisotopic (exact) mass is 498 g/mol. The van der Waals surface area contributed by atoms with Gasteiger partial charge in [-0.3, -0.25) is 0 Å². The van der Waals surface area contributed by atoms with Gasteiger partial charge in [-0.15, -0.1) is 0 Å². The summed E-state index contributed by atoms with van der Waals surface area (Å²) in [6.07, 6.45) is 17.7. The second-order valence-corrected chi connectivity index (χ2v) is 10.8. The zero-order valence-corrected chi connectivity index (χ0v) is 24.1. The van der Waals surface area contributed by atoms with E-state index in [4.69, 9.17) is 0 Å². The van der Waals surface area contributed by atoms with Crippen molar-refractivity contribution < 1.29 is 4.70 Å². The maximum absolute atomic E-state index is 11.8. The van der Waals surface area contributed by atoms with E-state index in [0.29, 0.717) is 0 Å². The quantitative estimate of drug-likeness (QED) is 0.153. The first kappa shape index (κ1) is 29.1. The van der Waals surface area contributed by atoms with Crippen molar-refractivity contribution in [1.82, 2.24) is 0 Å². The van der Waals surface area contributed by atoms with Crippen molar-refractivity contribution in [3.8, 4) is 0 Å². The minimum atomic E-state index is 1.01. The van der Waals surface area contributed by atoms with Gasteiger partial charge >= 0.3 is 0 Å². The minimum Gasteiger partial charge on any atom is -0.493 e. The lowest BCUT2D eigenvalue weighted by molar-refractivity contribution is -0.345. The van der Waals surface area contributed by atoms with Crippen LogP contribution in [0.25, 0.3) is 16.9 Å². The molecule has 0 aromatic heterocycles. The van der Waals surface area contributed by atoms with Crippen LogP contribution < -0.4 is 0 Å². The number of rotatable bonds is 17. The normalized spacial score (nSPS) is 13.8. The Morgan fingerprint density at radius 2 is 1.03 bits per heavy atom. The van der Waals surface area contributed by atoms with Gasteiger partial charge in [-0.2, -0.15) is 0 Å². The van der Waals surface area contributed by atoms with Crippen molar-refractivity contribution in [2.24, 2.45) is 0 Å². The van der Waals surface area contributed by atoms with Crippen molar-refractivity contribution in [3.63, 3.8) is 0 Å². The van der Waals surface area contributed by atoms with E-state index in [2.05, 4.69) is 76.2 Å². The highest BCUT2D eigenvalue weighted by atomic mass is 15.2. The summed E-state index contributed by atoms with van der Waals surface area (Å²) in [6, 6.07) is 17.9. The van der Waals surface area contributed by atoms with Crippen LogP contribution in [0.2, 0.25) is 0 Å². The molecule has 0 fully saturated rings. The van der Waals surface area contributed by atoms with Gasteiger partial charge in [-0.05, 0) is 86.8 Å². The Kier molecular flexibility index (Phi) is 12.3. The average Bonchev–Trinajstić information content (AvgIpc) is 3.19. The summed E-state index contributed by atoms with van der Waals surface area (Å²) in [5.74, 6) is 0. The fraction of sp³-hybridized carbons (Fsp3) is 0.543. The molecule has 2 aromatic carbocycles. The molecule has 2 heteroatoms. The zero-order chi connectivity index (χ0) is 26.5. The molecule has 0 atom stereocenters. The summed E-state index contributed by atoms with van der Waals surface area (Å²) in [4.78, 5) is 0. The summed E-state index contributed by atoms with van der Waals surface area (Å²) in [7, 11) is 0. The molecule has 3 rings (SSSR count). The number of allylic oxidation sites excluding steroid dienone is 2. The molecule has 0 aliphatic carbocycles. The molecule has 0 spiro atoms. The molecule has 200 valence electrons. The lowest BCUT2D eigenvalue weighted by Gasteiger charge is -2.11. The van der Waals surface area contributed by atoms with Crippen molar-refractivity contribution in [3.05, 3.63) is 87.5 Å². The predicted molar refractivity (Wildman–Crippen MR) is 160 cm³/mol. The molecule has 0 radical (unpaired) electrons. The van der Waals surface area contributed by atoms with Gasteiger partial charge in [0.25, 0.3) is 0 Å². The molecule has 37 heavy (non-hydrogen) atoms. The third kappa shape index (κ3) is 8.00. The van der Waals surface area contributed by atoms with E-state index in [9.17, 15) is 5.53 Å². The number of benzene rings is 2. The van der Waals surface area contributed by atoms with Crippen molar-refractivity contribution in [2.45, 2.75) is 124 Å². The summed E-state index contributed by atoms with van der Waals surface area (Å²) >= 11 is 0. The molecular formula is C35H50N2. The summed E-state index contributed by atoms with van der Waals surface area (Å²) in [5, 5.41) is 0. The SMILES string of the molecule is CCCCCC1=C(c2ccc(CCCCC)cc2)[N+](=[N-])C(c2cccc(CCCC)c2)=C1CCCCC. The van der Waals surface area contributed by atoms with Crippen LogP contribution in [0.3, 0.4) is 0 Å². The average molecular weight is 499 g/mol. The van der Waals surface area contributed by atoms with Gasteiger partial charge in [0.1, 0.15) is 0 Å². The van der Waals surface area contributed by atoms with Gasteiger partial charge in [-0.1, -0.05) is 96.9 Å². The maximum Gasteiger partial charge on any atom is 0.211 e. The number of nitrogens with zero attached hydrogens (tertiary/aromatic N) is 2. The topological polar surface area (TPSA) is 25.3 Å². The van der Waals surface area contributed by atoms with Gasteiger partial charge in [0.15, 0.2) is 0 Å². The Labute approximate surface area is 227 Å². The lowest BCUT2D eigenvalue weighted by Crippen LogP contribution is -2.03. The summed E-state index contributed by atoms with van der Waals surface area (Å²) in [6.45, 7) is 9.04. The van der Waals surface area contributed by atoms with Crippen molar-refractivity contribution in [1.29, 1.82) is 0 Å². The standard InChI is InChI=1S/C35H50N2/c1-5-9-13-18-28-23-25-30(26-24-28)34-32(21-14-10-6-2)33(22-15-11-7-3)35(37(34)36)31-20-16-19-29(27-31)17-12-8-4/h16,19-20,23-27H,5-15,17-18,21-22H2,1-4H3. The molecule has 1 heterocycles. The smallest absolute Gasteiger partial charge is 0.211 e. The number of hydrogen-bond acceptors (Lipinski definition) is 0. The lowest BCUT2D eigenvalue weighted by atomic mass is 9.91. The second-order valence-electron chi connectivity index (χ2n) is 10.8. The Morgan fingerprint density at radius 3 is 1.59 bits per heavy atom. The van der Waals surface area contributed by atoms with Crippen LogP contribution in [0, 0.1) is 0 Å². The van der Waals surface area contributed by atoms with Gasteiger partial charge < -0.3 is 5.53 Å². The van der Waals surface area contributed by atoms with E-state index in [1.54, 1.807) is 4.70 Å². The first-order valence-electron chi connectivity index (χ1n) is 15.3. The molecule has 0 N–H and O–H groups in total.